The highest BCUT2D eigenvalue weighted by molar-refractivity contribution is 7.89. The molecule has 0 bridgehead atoms. The summed E-state index contributed by atoms with van der Waals surface area (Å²) in [5.74, 6) is -1.58. The van der Waals surface area contributed by atoms with Gasteiger partial charge in [-0.2, -0.15) is 4.31 Å². The number of piperazine rings is 1. The fraction of sp³-hybridized carbons (Fsp3) is 0.800. The summed E-state index contributed by atoms with van der Waals surface area (Å²) in [7, 11) is -3.51. The van der Waals surface area contributed by atoms with Crippen LogP contribution < -0.4 is 5.73 Å². The minimum atomic E-state index is -3.51. The summed E-state index contributed by atoms with van der Waals surface area (Å²) in [5, 5.41) is 8.61. The predicted molar refractivity (Wildman–Crippen MR) is 67.8 cm³/mol. The maximum Gasteiger partial charge on any atom is 0.320 e. The van der Waals surface area contributed by atoms with Gasteiger partial charge in [-0.25, -0.2) is 8.42 Å². The van der Waals surface area contributed by atoms with Crippen LogP contribution in [0.5, 0.6) is 0 Å². The number of hydrogen-bond acceptors (Lipinski definition) is 5. The van der Waals surface area contributed by atoms with E-state index in [4.69, 9.17) is 10.8 Å². The van der Waals surface area contributed by atoms with Gasteiger partial charge < -0.3 is 15.7 Å². The Morgan fingerprint density at radius 3 is 2.21 bits per heavy atom. The van der Waals surface area contributed by atoms with Crippen molar-refractivity contribution < 1.29 is 23.1 Å². The highest BCUT2D eigenvalue weighted by Gasteiger charge is 2.28. The van der Waals surface area contributed by atoms with Crippen molar-refractivity contribution in [2.45, 2.75) is 19.4 Å². The van der Waals surface area contributed by atoms with E-state index >= 15 is 0 Å². The SMILES string of the molecule is CC(=O)N1CCN(S(=O)(=O)CCC(N)C(=O)O)CC1. The molecular weight excluding hydrogens is 274 g/mol. The summed E-state index contributed by atoms with van der Waals surface area (Å²) >= 11 is 0. The number of rotatable bonds is 5. The molecule has 0 spiro atoms. The Balaban J connectivity index is 2.51. The number of amides is 1. The van der Waals surface area contributed by atoms with Gasteiger partial charge in [0.25, 0.3) is 0 Å². The third-order valence-corrected chi connectivity index (χ3v) is 4.98. The lowest BCUT2D eigenvalue weighted by Crippen LogP contribution is -2.50. The van der Waals surface area contributed by atoms with Crippen molar-refractivity contribution in [3.8, 4) is 0 Å². The Kier molecular flexibility index (Phi) is 5.27. The maximum absolute atomic E-state index is 12.0. The van der Waals surface area contributed by atoms with Crippen molar-refractivity contribution >= 4 is 21.9 Å². The van der Waals surface area contributed by atoms with Crippen LogP contribution in [0.15, 0.2) is 0 Å². The van der Waals surface area contributed by atoms with Crippen molar-refractivity contribution in [1.29, 1.82) is 0 Å². The lowest BCUT2D eigenvalue weighted by molar-refractivity contribution is -0.138. The van der Waals surface area contributed by atoms with Crippen LogP contribution in [0.2, 0.25) is 0 Å². The zero-order valence-electron chi connectivity index (χ0n) is 10.8. The zero-order chi connectivity index (χ0) is 14.6. The number of hydrogen-bond donors (Lipinski definition) is 2. The molecule has 110 valence electrons. The van der Waals surface area contributed by atoms with Crippen LogP contribution in [0.3, 0.4) is 0 Å². The molecule has 0 radical (unpaired) electrons. The largest absolute Gasteiger partial charge is 0.480 e. The number of carbonyl (C=O) groups excluding carboxylic acids is 1. The Labute approximate surface area is 112 Å². The van der Waals surface area contributed by atoms with Gasteiger partial charge in [-0.15, -0.1) is 0 Å². The van der Waals surface area contributed by atoms with E-state index in [0.29, 0.717) is 13.1 Å². The Hall–Kier alpha value is -1.19. The molecule has 3 N–H and O–H groups in total. The van der Waals surface area contributed by atoms with Gasteiger partial charge in [-0.05, 0) is 6.42 Å². The fourth-order valence-corrected chi connectivity index (χ4v) is 3.34. The number of aliphatic carboxylic acids is 1. The predicted octanol–water partition coefficient (Wildman–Crippen LogP) is -1.72. The molecule has 0 saturated carbocycles. The number of carboxylic acids is 1. The summed E-state index contributed by atoms with van der Waals surface area (Å²) in [4.78, 5) is 23.2. The Bertz CT molecular complexity index is 442. The van der Waals surface area contributed by atoms with Crippen LogP contribution in [-0.4, -0.2) is 72.6 Å². The zero-order valence-corrected chi connectivity index (χ0v) is 11.6. The topological polar surface area (TPSA) is 121 Å². The van der Waals surface area contributed by atoms with E-state index in [-0.39, 0.29) is 31.2 Å². The first-order chi connectivity index (χ1) is 8.74. The fourth-order valence-electron chi connectivity index (χ4n) is 1.81. The number of sulfonamides is 1. The van der Waals surface area contributed by atoms with Gasteiger partial charge in [-0.3, -0.25) is 9.59 Å². The van der Waals surface area contributed by atoms with Gasteiger partial charge in [0.2, 0.25) is 15.9 Å². The Morgan fingerprint density at radius 1 is 1.26 bits per heavy atom. The molecule has 1 atom stereocenters. The third kappa shape index (κ3) is 4.44. The first-order valence-corrected chi connectivity index (χ1v) is 7.56. The molecule has 9 heteroatoms. The van der Waals surface area contributed by atoms with Crippen LogP contribution in [0.4, 0.5) is 0 Å². The molecule has 1 amide bonds. The molecule has 1 saturated heterocycles. The molecule has 8 nitrogen and oxygen atoms in total. The molecule has 0 aliphatic carbocycles. The lowest BCUT2D eigenvalue weighted by atomic mass is 10.2. The number of carboxylic acid groups (broad SMARTS) is 1. The molecule has 0 aromatic heterocycles. The van der Waals surface area contributed by atoms with E-state index in [0.717, 1.165) is 0 Å². The smallest absolute Gasteiger partial charge is 0.320 e. The summed E-state index contributed by atoms with van der Waals surface area (Å²) < 4.78 is 25.2. The van der Waals surface area contributed by atoms with Gasteiger partial charge in [0.1, 0.15) is 6.04 Å². The second kappa shape index (κ2) is 6.31. The van der Waals surface area contributed by atoms with Crippen molar-refractivity contribution in [2.75, 3.05) is 31.9 Å². The monoisotopic (exact) mass is 293 g/mol. The van der Waals surface area contributed by atoms with Gasteiger partial charge in [0, 0.05) is 33.1 Å². The van der Waals surface area contributed by atoms with E-state index in [1.54, 1.807) is 4.90 Å². The second-order valence-electron chi connectivity index (χ2n) is 4.45. The number of nitrogens with zero attached hydrogens (tertiary/aromatic N) is 2. The molecule has 0 aromatic rings. The summed E-state index contributed by atoms with van der Waals surface area (Å²) in [6.45, 7) is 2.64. The molecule has 19 heavy (non-hydrogen) atoms. The van der Waals surface area contributed by atoms with E-state index in [9.17, 15) is 18.0 Å². The standard InChI is InChI=1S/C10H19N3O5S/c1-8(14)12-3-5-13(6-4-12)19(17,18)7-2-9(11)10(15)16/h9H,2-7,11H2,1H3,(H,15,16). The van der Waals surface area contributed by atoms with Crippen molar-refractivity contribution in [3.05, 3.63) is 0 Å². The van der Waals surface area contributed by atoms with E-state index in [1.165, 1.54) is 11.2 Å². The average Bonchev–Trinajstić information content (AvgIpc) is 2.36. The maximum atomic E-state index is 12.0. The van der Waals surface area contributed by atoms with Crippen molar-refractivity contribution in [2.24, 2.45) is 5.73 Å². The second-order valence-corrected chi connectivity index (χ2v) is 6.54. The van der Waals surface area contributed by atoms with Gasteiger partial charge in [0.15, 0.2) is 0 Å². The normalized spacial score (nSPS) is 19.2. The summed E-state index contributed by atoms with van der Waals surface area (Å²) in [6, 6.07) is -1.17. The van der Waals surface area contributed by atoms with Crippen LogP contribution in [0.25, 0.3) is 0 Å². The van der Waals surface area contributed by atoms with E-state index in [1.807, 2.05) is 0 Å². The molecule has 1 unspecified atom stereocenters. The molecule has 1 rings (SSSR count). The minimum Gasteiger partial charge on any atom is -0.480 e. The van der Waals surface area contributed by atoms with Gasteiger partial charge >= 0.3 is 5.97 Å². The van der Waals surface area contributed by atoms with Gasteiger partial charge in [0.05, 0.1) is 5.75 Å². The summed E-state index contributed by atoms with van der Waals surface area (Å²) in [5.41, 5.74) is 5.28. The van der Waals surface area contributed by atoms with Crippen molar-refractivity contribution in [1.82, 2.24) is 9.21 Å². The van der Waals surface area contributed by atoms with Crippen LogP contribution >= 0.6 is 0 Å². The third-order valence-electron chi connectivity index (χ3n) is 3.08. The van der Waals surface area contributed by atoms with Crippen LogP contribution in [0, 0.1) is 0 Å². The highest BCUT2D eigenvalue weighted by atomic mass is 32.2. The average molecular weight is 293 g/mol. The van der Waals surface area contributed by atoms with E-state index in [2.05, 4.69) is 0 Å². The first-order valence-electron chi connectivity index (χ1n) is 5.96. The molecule has 1 aliphatic heterocycles. The molecule has 1 fully saturated rings. The molecule has 1 heterocycles. The number of carbonyl (C=O) groups is 2. The highest BCUT2D eigenvalue weighted by Crippen LogP contribution is 2.10. The van der Waals surface area contributed by atoms with Crippen molar-refractivity contribution in [3.63, 3.8) is 0 Å². The summed E-state index contributed by atoms with van der Waals surface area (Å²) in [6.07, 6.45) is -0.120. The Morgan fingerprint density at radius 2 is 1.79 bits per heavy atom. The minimum absolute atomic E-state index is 0.0788. The number of nitrogens with two attached hydrogens (primary N) is 1. The molecule has 1 aliphatic rings. The first kappa shape index (κ1) is 15.9. The molecule has 0 aromatic carbocycles. The lowest BCUT2D eigenvalue weighted by Gasteiger charge is -2.33. The van der Waals surface area contributed by atoms with Crippen LogP contribution in [-0.2, 0) is 19.6 Å². The van der Waals surface area contributed by atoms with Gasteiger partial charge in [-0.1, -0.05) is 0 Å². The quantitative estimate of drug-likeness (QED) is 0.622. The van der Waals surface area contributed by atoms with Crippen LogP contribution in [0.1, 0.15) is 13.3 Å². The van der Waals surface area contributed by atoms with E-state index < -0.39 is 22.0 Å². The molecular formula is C10H19N3O5S.